The van der Waals surface area contributed by atoms with Crippen LogP contribution in [0, 0.1) is 27.7 Å². The molecular weight excluding hydrogens is 310 g/mol. The fraction of sp³-hybridized carbons (Fsp3) is 0.227. The average molecular weight is 333 g/mol. The molecule has 0 spiro atoms. The van der Waals surface area contributed by atoms with E-state index in [0.717, 1.165) is 22.6 Å². The lowest BCUT2D eigenvalue weighted by molar-refractivity contribution is 0.0472. The van der Waals surface area contributed by atoms with Crippen LogP contribution in [0.25, 0.3) is 5.69 Å². The third-order valence-electron chi connectivity index (χ3n) is 4.43. The molecule has 0 aliphatic heterocycles. The van der Waals surface area contributed by atoms with Gasteiger partial charge in [0.15, 0.2) is 0 Å². The molecule has 0 fully saturated rings. The SMILES string of the molecule is Cc1ccc(COC(=O)c2cc(C)n(-c3ccc(C)cc3)c2C)cc1. The molecule has 3 heteroatoms. The Morgan fingerprint density at radius 2 is 1.44 bits per heavy atom. The van der Waals surface area contributed by atoms with Crippen molar-refractivity contribution in [2.24, 2.45) is 0 Å². The highest BCUT2D eigenvalue weighted by Crippen LogP contribution is 2.22. The van der Waals surface area contributed by atoms with Gasteiger partial charge in [0, 0.05) is 17.1 Å². The highest BCUT2D eigenvalue weighted by molar-refractivity contribution is 5.91. The summed E-state index contributed by atoms with van der Waals surface area (Å²) in [6.07, 6.45) is 0. The Balaban J connectivity index is 1.80. The lowest BCUT2D eigenvalue weighted by Crippen LogP contribution is -2.07. The first-order valence-corrected chi connectivity index (χ1v) is 8.44. The maximum atomic E-state index is 12.5. The largest absolute Gasteiger partial charge is 0.457 e. The first kappa shape index (κ1) is 17.0. The first-order valence-electron chi connectivity index (χ1n) is 8.44. The van der Waals surface area contributed by atoms with E-state index in [4.69, 9.17) is 4.74 Å². The van der Waals surface area contributed by atoms with Gasteiger partial charge in [-0.15, -0.1) is 0 Å². The van der Waals surface area contributed by atoms with Gasteiger partial charge in [0.2, 0.25) is 0 Å². The lowest BCUT2D eigenvalue weighted by atomic mass is 10.2. The number of benzene rings is 2. The van der Waals surface area contributed by atoms with Gasteiger partial charge in [-0.1, -0.05) is 47.5 Å². The Hall–Kier alpha value is -2.81. The fourth-order valence-corrected chi connectivity index (χ4v) is 2.97. The molecule has 0 bridgehead atoms. The van der Waals surface area contributed by atoms with Crippen molar-refractivity contribution < 1.29 is 9.53 Å². The number of carbonyl (C=O) groups is 1. The van der Waals surface area contributed by atoms with Crippen LogP contribution in [-0.4, -0.2) is 10.5 Å². The number of carbonyl (C=O) groups excluding carboxylic acids is 1. The van der Waals surface area contributed by atoms with Crippen LogP contribution >= 0.6 is 0 Å². The number of rotatable bonds is 4. The van der Waals surface area contributed by atoms with Crippen LogP contribution in [-0.2, 0) is 11.3 Å². The second-order valence-corrected chi connectivity index (χ2v) is 6.52. The molecule has 0 radical (unpaired) electrons. The minimum atomic E-state index is -0.285. The van der Waals surface area contributed by atoms with Crippen LogP contribution in [0.4, 0.5) is 0 Å². The molecule has 128 valence electrons. The van der Waals surface area contributed by atoms with Crippen LogP contribution in [0.5, 0.6) is 0 Å². The molecule has 3 rings (SSSR count). The fourth-order valence-electron chi connectivity index (χ4n) is 2.97. The van der Waals surface area contributed by atoms with Crippen molar-refractivity contribution in [3.05, 3.63) is 88.2 Å². The predicted octanol–water partition coefficient (Wildman–Crippen LogP) is 5.07. The number of hydrogen-bond acceptors (Lipinski definition) is 2. The minimum Gasteiger partial charge on any atom is -0.457 e. The van der Waals surface area contributed by atoms with Crippen molar-refractivity contribution in [2.75, 3.05) is 0 Å². The summed E-state index contributed by atoms with van der Waals surface area (Å²) < 4.78 is 7.59. The molecule has 0 aliphatic carbocycles. The maximum Gasteiger partial charge on any atom is 0.340 e. The summed E-state index contributed by atoms with van der Waals surface area (Å²) in [7, 11) is 0. The van der Waals surface area contributed by atoms with Gasteiger partial charge in [-0.05, 0) is 51.5 Å². The van der Waals surface area contributed by atoms with Gasteiger partial charge in [-0.25, -0.2) is 4.79 Å². The maximum absolute atomic E-state index is 12.5. The number of ether oxygens (including phenoxy) is 1. The normalized spacial score (nSPS) is 10.7. The van der Waals surface area contributed by atoms with Crippen LogP contribution in [0.1, 0.15) is 38.4 Å². The summed E-state index contributed by atoms with van der Waals surface area (Å²) in [6.45, 7) is 8.34. The van der Waals surface area contributed by atoms with Crippen molar-refractivity contribution in [2.45, 2.75) is 34.3 Å². The highest BCUT2D eigenvalue weighted by Gasteiger charge is 2.18. The van der Waals surface area contributed by atoms with Gasteiger partial charge >= 0.3 is 5.97 Å². The number of hydrogen-bond donors (Lipinski definition) is 0. The summed E-state index contributed by atoms with van der Waals surface area (Å²) in [6, 6.07) is 18.2. The van der Waals surface area contributed by atoms with Crippen LogP contribution in [0.2, 0.25) is 0 Å². The molecular formula is C22H23NO2. The molecule has 3 aromatic rings. The van der Waals surface area contributed by atoms with Crippen molar-refractivity contribution >= 4 is 5.97 Å². The molecule has 25 heavy (non-hydrogen) atoms. The van der Waals surface area contributed by atoms with E-state index in [9.17, 15) is 4.79 Å². The van der Waals surface area contributed by atoms with E-state index >= 15 is 0 Å². The summed E-state index contributed by atoms with van der Waals surface area (Å²) in [5.74, 6) is -0.285. The van der Waals surface area contributed by atoms with E-state index < -0.39 is 0 Å². The summed E-state index contributed by atoms with van der Waals surface area (Å²) >= 11 is 0. The molecule has 0 saturated carbocycles. The standard InChI is InChI=1S/C22H23NO2/c1-15-5-9-19(10-6-15)14-25-22(24)21-13-17(3)23(18(21)4)20-11-7-16(2)8-12-20/h5-13H,14H2,1-4H3. The van der Waals surface area contributed by atoms with Crippen molar-refractivity contribution in [1.82, 2.24) is 4.57 Å². The molecule has 0 aliphatic rings. The Morgan fingerprint density at radius 3 is 2.04 bits per heavy atom. The Morgan fingerprint density at radius 1 is 0.880 bits per heavy atom. The molecule has 2 aromatic carbocycles. The summed E-state index contributed by atoms with van der Waals surface area (Å²) in [4.78, 5) is 12.5. The minimum absolute atomic E-state index is 0.285. The monoisotopic (exact) mass is 333 g/mol. The zero-order chi connectivity index (χ0) is 18.0. The predicted molar refractivity (Wildman–Crippen MR) is 100 cm³/mol. The number of esters is 1. The van der Waals surface area contributed by atoms with E-state index in [2.05, 4.69) is 35.8 Å². The Bertz CT molecular complexity index is 887. The average Bonchev–Trinajstić information content (AvgIpc) is 2.90. The molecule has 1 heterocycles. The van der Waals surface area contributed by atoms with Gasteiger partial charge in [-0.3, -0.25) is 0 Å². The van der Waals surface area contributed by atoms with E-state index in [1.165, 1.54) is 11.1 Å². The molecule has 3 nitrogen and oxygen atoms in total. The third-order valence-corrected chi connectivity index (χ3v) is 4.43. The first-order chi connectivity index (χ1) is 12.0. The molecule has 0 N–H and O–H groups in total. The quantitative estimate of drug-likeness (QED) is 0.624. The Labute approximate surface area is 148 Å². The molecule has 0 unspecified atom stereocenters. The van der Waals surface area contributed by atoms with E-state index in [-0.39, 0.29) is 12.6 Å². The van der Waals surface area contributed by atoms with Gasteiger partial charge in [0.05, 0.1) is 5.56 Å². The number of aromatic nitrogens is 1. The zero-order valence-corrected chi connectivity index (χ0v) is 15.2. The smallest absolute Gasteiger partial charge is 0.340 e. The Kier molecular flexibility index (Phi) is 4.75. The lowest BCUT2D eigenvalue weighted by Gasteiger charge is -2.10. The second-order valence-electron chi connectivity index (χ2n) is 6.52. The summed E-state index contributed by atoms with van der Waals surface area (Å²) in [5.41, 5.74) is 6.98. The number of nitrogens with zero attached hydrogens (tertiary/aromatic N) is 1. The van der Waals surface area contributed by atoms with Gasteiger partial charge < -0.3 is 9.30 Å². The molecule has 0 atom stereocenters. The van der Waals surface area contributed by atoms with Crippen molar-refractivity contribution in [3.63, 3.8) is 0 Å². The zero-order valence-electron chi connectivity index (χ0n) is 15.2. The molecule has 0 saturated heterocycles. The van der Waals surface area contributed by atoms with Crippen LogP contribution < -0.4 is 0 Å². The van der Waals surface area contributed by atoms with Crippen molar-refractivity contribution in [1.29, 1.82) is 0 Å². The topological polar surface area (TPSA) is 31.2 Å². The second kappa shape index (κ2) is 6.98. The van der Waals surface area contributed by atoms with Gasteiger partial charge in [0.25, 0.3) is 0 Å². The van der Waals surface area contributed by atoms with E-state index in [0.29, 0.717) is 5.56 Å². The number of aryl methyl sites for hydroxylation is 3. The molecule has 0 amide bonds. The third kappa shape index (κ3) is 3.66. The van der Waals surface area contributed by atoms with E-state index in [1.807, 2.05) is 51.1 Å². The van der Waals surface area contributed by atoms with Crippen molar-refractivity contribution in [3.8, 4) is 5.69 Å². The van der Waals surface area contributed by atoms with Crippen LogP contribution in [0.15, 0.2) is 54.6 Å². The summed E-state index contributed by atoms with van der Waals surface area (Å²) in [5, 5.41) is 0. The molecule has 1 aromatic heterocycles. The van der Waals surface area contributed by atoms with Crippen LogP contribution in [0.3, 0.4) is 0 Å². The van der Waals surface area contributed by atoms with E-state index in [1.54, 1.807) is 0 Å². The van der Waals surface area contributed by atoms with Gasteiger partial charge in [0.1, 0.15) is 6.61 Å². The highest BCUT2D eigenvalue weighted by atomic mass is 16.5. The van der Waals surface area contributed by atoms with Gasteiger partial charge in [-0.2, -0.15) is 0 Å².